The maximum Gasteiger partial charge on any atom is 0.336 e. The van der Waals surface area contributed by atoms with E-state index in [1.54, 1.807) is 6.08 Å². The van der Waals surface area contributed by atoms with Gasteiger partial charge in [0.05, 0.1) is 49.8 Å². The van der Waals surface area contributed by atoms with Crippen LogP contribution in [0.25, 0.3) is 0 Å². The summed E-state index contributed by atoms with van der Waals surface area (Å²) in [4.78, 5) is 47.0. The molecule has 3 aliphatic heterocycles. The SMILES string of the molecule is O=C(/C=C/[C@@H]1[C@H]2CC(=O)O[C@H]2C[C@H]1OB(P)P)CCc1ccccc1.O=C1C[C@@H]2[C@@H](/C=C/[C@@H](O)CCc3ccccc3)[C@H](OB(P)P)C[C@@H]2O1.O=C1C[C@@H]2[C@@H](/C=C/[C@H](O)CCc3ccccc3)[C@H](OB(P)P)C[C@@H]2O1. The summed E-state index contributed by atoms with van der Waals surface area (Å²) in [7, 11) is 15.6. The van der Waals surface area contributed by atoms with Crippen molar-refractivity contribution in [2.75, 3.05) is 0 Å². The molecule has 0 amide bonds. The fourth-order valence-electron chi connectivity index (χ4n) is 11.4. The Hall–Kier alpha value is -2.47. The number of hydrogen-bond acceptors (Lipinski definition) is 12. The number of benzene rings is 3. The first kappa shape index (κ1) is 60.2. The van der Waals surface area contributed by atoms with E-state index in [1.807, 2.05) is 97.1 Å². The Balaban J connectivity index is 0.000000164. The molecule has 6 unspecified atom stereocenters. The van der Waals surface area contributed by atoms with Crippen molar-refractivity contribution in [3.05, 3.63) is 144 Å². The smallest absolute Gasteiger partial charge is 0.336 e. The topological polar surface area (TPSA) is 164 Å². The molecule has 6 aliphatic rings. The summed E-state index contributed by atoms with van der Waals surface area (Å²) in [5.74, 6) is 0.394. The van der Waals surface area contributed by atoms with Crippen LogP contribution < -0.4 is 0 Å². The Morgan fingerprint density at radius 3 is 1.17 bits per heavy atom. The minimum Gasteiger partial charge on any atom is -0.462 e. The standard InChI is InChI=1S/2C18H25BO4P2.C18H23BO4P2/c3*20-13(7-6-12-4-2-1-3-5-12)8-9-14-15-10-18(21)22-16(15)11-17(14)23-19(24)25/h2*1-5,8-9,13-17,20H,6-7,10-11,24-25H2;1-5,8-9,14-17H,6-7,10-11,24-25H2/b3*9-8+/t13-,14+,15+,16-,17+;13-,14-,15-,16+,17-;14-,15-,16+,17-/m011/s1. The summed E-state index contributed by atoms with van der Waals surface area (Å²) in [5, 5.41) is 20.6. The van der Waals surface area contributed by atoms with Gasteiger partial charge in [-0.05, 0) is 54.9 Å². The summed E-state index contributed by atoms with van der Waals surface area (Å²) in [5.41, 5.74) is 3.61. The molecule has 0 radical (unpaired) electrons. The number of carbonyl (C=O) groups is 4. The van der Waals surface area contributed by atoms with E-state index in [9.17, 15) is 29.4 Å². The number of esters is 3. The van der Waals surface area contributed by atoms with Crippen molar-refractivity contribution in [3.8, 4) is 0 Å². The molecule has 12 nitrogen and oxygen atoms in total. The number of aliphatic hydroxyl groups excluding tert-OH is 2. The van der Waals surface area contributed by atoms with Gasteiger partial charge in [-0.1, -0.05) is 121 Å². The molecule has 3 saturated heterocycles. The molecule has 21 heteroatoms. The Morgan fingerprint density at radius 2 is 0.840 bits per heavy atom. The molecule has 2 N–H and O–H groups in total. The zero-order valence-corrected chi connectivity index (χ0v) is 49.3. The summed E-state index contributed by atoms with van der Waals surface area (Å²) >= 11 is 0. The predicted molar refractivity (Wildman–Crippen MR) is 317 cm³/mol. The van der Waals surface area contributed by atoms with Gasteiger partial charge in [0.25, 0.3) is 0 Å². The molecular weight excluding hydrogens is 1060 g/mol. The molecule has 0 spiro atoms. The number of allylic oxidation sites excluding steroid dienone is 1. The molecule has 3 saturated carbocycles. The second-order valence-corrected chi connectivity index (χ2v) is 26.6. The van der Waals surface area contributed by atoms with E-state index in [0.29, 0.717) is 44.9 Å². The molecule has 3 aliphatic carbocycles. The fourth-order valence-corrected chi connectivity index (χ4v) is 12.6. The average Bonchev–Trinajstić information content (AvgIpc) is 4.22. The highest BCUT2D eigenvalue weighted by Crippen LogP contribution is 2.46. The largest absolute Gasteiger partial charge is 0.462 e. The van der Waals surface area contributed by atoms with Gasteiger partial charge in [-0.25, -0.2) is 0 Å². The van der Waals surface area contributed by atoms with Crippen molar-refractivity contribution < 1.29 is 57.6 Å². The van der Waals surface area contributed by atoms with Crippen molar-refractivity contribution in [1.29, 1.82) is 0 Å². The van der Waals surface area contributed by atoms with Gasteiger partial charge < -0.3 is 38.4 Å². The summed E-state index contributed by atoms with van der Waals surface area (Å²) < 4.78 is 34.1. The van der Waals surface area contributed by atoms with Crippen molar-refractivity contribution in [1.82, 2.24) is 0 Å². The van der Waals surface area contributed by atoms with E-state index in [2.05, 4.69) is 79.0 Å². The first-order valence-corrected chi connectivity index (χ1v) is 30.2. The number of fused-ring (bicyclic) bond motifs is 3. The van der Waals surface area contributed by atoms with Crippen LogP contribution in [-0.2, 0) is 66.6 Å². The van der Waals surface area contributed by atoms with Gasteiger partial charge in [0.2, 0.25) is 0 Å². The first-order chi connectivity index (χ1) is 36.1. The van der Waals surface area contributed by atoms with E-state index < -0.39 is 12.2 Å². The fraction of sp³-hybridized carbons (Fsp3) is 0.481. The Kier molecular flexibility index (Phi) is 24.2. The molecular formula is C54H73B3O12P6. The molecule has 9 rings (SSSR count). The number of aryl methyl sites for hydroxylation is 3. The van der Waals surface area contributed by atoms with E-state index in [-0.39, 0.29) is 115 Å². The van der Waals surface area contributed by atoms with Crippen LogP contribution in [0.5, 0.6) is 0 Å². The van der Waals surface area contributed by atoms with Crippen LogP contribution in [0.4, 0.5) is 0 Å². The third-order valence-corrected chi connectivity index (χ3v) is 15.9. The van der Waals surface area contributed by atoms with Crippen LogP contribution >= 0.6 is 54.7 Å². The number of ketones is 1. The lowest BCUT2D eigenvalue weighted by molar-refractivity contribution is -0.142. The lowest BCUT2D eigenvalue weighted by Crippen LogP contribution is -2.24. The average molecular weight is 1130 g/mol. The zero-order chi connectivity index (χ0) is 53.4. The van der Waals surface area contributed by atoms with Gasteiger partial charge in [0.15, 0.2) is 5.78 Å². The molecule has 3 aromatic rings. The molecule has 3 aromatic carbocycles. The van der Waals surface area contributed by atoms with Crippen LogP contribution in [0.3, 0.4) is 0 Å². The Bertz CT molecular complexity index is 2280. The minimum absolute atomic E-state index is 0.0145. The van der Waals surface area contributed by atoms with Gasteiger partial charge >= 0.3 is 37.0 Å². The Labute approximate surface area is 458 Å². The lowest BCUT2D eigenvalue weighted by Gasteiger charge is -2.22. The normalized spacial score (nSPS) is 29.1. The van der Waals surface area contributed by atoms with E-state index in [1.165, 1.54) is 11.1 Å². The summed E-state index contributed by atoms with van der Waals surface area (Å²) in [6, 6.07) is 30.3. The summed E-state index contributed by atoms with van der Waals surface area (Å²) in [6.07, 6.45) is 17.8. The van der Waals surface area contributed by atoms with E-state index in [4.69, 9.17) is 28.2 Å². The number of rotatable bonds is 21. The number of ether oxygens (including phenoxy) is 3. The van der Waals surface area contributed by atoms with Gasteiger partial charge in [0.1, 0.15) is 18.3 Å². The van der Waals surface area contributed by atoms with Crippen molar-refractivity contribution in [2.45, 2.75) is 126 Å². The molecule has 400 valence electrons. The van der Waals surface area contributed by atoms with Gasteiger partial charge in [-0.15, -0.1) is 54.7 Å². The lowest BCUT2D eigenvalue weighted by atomic mass is 9.91. The molecule has 75 heavy (non-hydrogen) atoms. The predicted octanol–water partition coefficient (Wildman–Crippen LogP) is 8.03. The first-order valence-electron chi connectivity index (χ1n) is 26.2. The summed E-state index contributed by atoms with van der Waals surface area (Å²) in [6.45, 7) is 0. The third-order valence-electron chi connectivity index (χ3n) is 14.9. The quantitative estimate of drug-likeness (QED) is 0.0264. The molecule has 0 aromatic heterocycles. The molecule has 3 heterocycles. The van der Waals surface area contributed by atoms with Gasteiger partial charge in [-0.2, -0.15) is 0 Å². The van der Waals surface area contributed by atoms with E-state index in [0.717, 1.165) is 37.7 Å². The molecule has 6 fully saturated rings. The zero-order valence-electron chi connectivity index (χ0n) is 42.4. The van der Waals surface area contributed by atoms with Crippen LogP contribution in [-0.4, -0.2) is 102 Å². The highest BCUT2D eigenvalue weighted by Gasteiger charge is 2.52. The second-order valence-electron chi connectivity index (χ2n) is 20.3. The van der Waals surface area contributed by atoms with Crippen LogP contribution in [0.1, 0.15) is 74.5 Å². The molecule has 0 bridgehead atoms. The monoisotopic (exact) mass is 1130 g/mol. The number of aliphatic hydroxyl groups is 2. The number of hydrogen-bond donors (Lipinski definition) is 2. The van der Waals surface area contributed by atoms with Crippen LogP contribution in [0.15, 0.2) is 127 Å². The second kappa shape index (κ2) is 30.2. The Morgan fingerprint density at radius 1 is 0.520 bits per heavy atom. The van der Waals surface area contributed by atoms with Crippen LogP contribution in [0.2, 0.25) is 0 Å². The highest BCUT2D eigenvalue weighted by molar-refractivity contribution is 7.92. The highest BCUT2D eigenvalue weighted by atomic mass is 31.1. The maximum atomic E-state index is 12.2. The van der Waals surface area contributed by atoms with Crippen molar-refractivity contribution in [2.24, 2.45) is 35.5 Å². The van der Waals surface area contributed by atoms with E-state index >= 15 is 0 Å². The van der Waals surface area contributed by atoms with Crippen molar-refractivity contribution >= 4 is 97.5 Å². The van der Waals surface area contributed by atoms with Crippen molar-refractivity contribution in [3.63, 3.8) is 0 Å². The molecule has 20 atom stereocenters. The maximum absolute atomic E-state index is 12.2. The van der Waals surface area contributed by atoms with Crippen LogP contribution in [0, 0.1) is 35.5 Å². The minimum atomic E-state index is -0.499. The van der Waals surface area contributed by atoms with Gasteiger partial charge in [-0.3, -0.25) is 19.2 Å². The number of carbonyl (C=O) groups excluding carboxylic acids is 4. The van der Waals surface area contributed by atoms with Gasteiger partial charge in [0, 0.05) is 61.2 Å². The third kappa shape index (κ3) is 18.8.